The van der Waals surface area contributed by atoms with Gasteiger partial charge >= 0.3 is 0 Å². The summed E-state index contributed by atoms with van der Waals surface area (Å²) >= 11 is 0. The first-order valence-corrected chi connectivity index (χ1v) is 11.4. The Morgan fingerprint density at radius 3 is 2.53 bits per heavy atom. The molecule has 4 radical (unpaired) electrons. The molecule has 1 saturated carbocycles. The number of aromatic nitrogens is 2. The Hall–Kier alpha value is -3.07. The van der Waals surface area contributed by atoms with Crippen LogP contribution in [-0.4, -0.2) is 25.7 Å². The Morgan fingerprint density at radius 1 is 0.844 bits per heavy atom. The van der Waals surface area contributed by atoms with Crippen molar-refractivity contribution in [2.75, 3.05) is 0 Å². The van der Waals surface area contributed by atoms with Gasteiger partial charge in [0.25, 0.3) is 0 Å². The van der Waals surface area contributed by atoms with Crippen LogP contribution in [0.2, 0.25) is 0 Å². The van der Waals surface area contributed by atoms with Gasteiger partial charge in [0.2, 0.25) is 5.71 Å². The summed E-state index contributed by atoms with van der Waals surface area (Å²) in [7, 11) is 13.5. The molecule has 2 aromatic carbocycles. The van der Waals surface area contributed by atoms with Crippen molar-refractivity contribution in [1.29, 1.82) is 0 Å². The molecule has 5 heteroatoms. The molecule has 0 aliphatic heterocycles. The molecular weight excluding hydrogens is 390 g/mol. The predicted molar refractivity (Wildman–Crippen MR) is 132 cm³/mol. The number of rotatable bonds is 3. The third kappa shape index (κ3) is 3.06. The van der Waals surface area contributed by atoms with Crippen LogP contribution in [-0.2, 0) is 5.21 Å². The fourth-order valence-corrected chi connectivity index (χ4v) is 5.31. The summed E-state index contributed by atoms with van der Waals surface area (Å²) in [5, 5.41) is 3.30. The molecule has 3 nitrogen and oxygen atoms in total. The first kappa shape index (κ1) is 19.6. The Labute approximate surface area is 190 Å². The molecule has 0 atom stereocenters. The maximum Gasteiger partial charge on any atom is 0.227 e. The van der Waals surface area contributed by atoms with Crippen LogP contribution in [0.15, 0.2) is 71.4 Å². The van der Waals surface area contributed by atoms with Crippen molar-refractivity contribution in [3.05, 3.63) is 72.6 Å². The SMILES string of the molecule is [B]C([B])(c1ccnc(-c2cc3ccccc3c3oc4ncccc4c23)c1)C1CCCCC1. The zero-order valence-electron chi connectivity index (χ0n) is 17.9. The van der Waals surface area contributed by atoms with Gasteiger partial charge in [0.1, 0.15) is 5.58 Å². The Balaban J connectivity index is 1.59. The highest BCUT2D eigenvalue weighted by atomic mass is 16.3. The van der Waals surface area contributed by atoms with Gasteiger partial charge in [0, 0.05) is 34.1 Å². The van der Waals surface area contributed by atoms with Crippen LogP contribution in [0.5, 0.6) is 0 Å². The molecule has 3 aromatic heterocycles. The van der Waals surface area contributed by atoms with E-state index in [1.54, 1.807) is 6.20 Å². The van der Waals surface area contributed by atoms with Crippen molar-refractivity contribution < 1.29 is 4.42 Å². The summed E-state index contributed by atoms with van der Waals surface area (Å²) in [5.74, 6) is 0.280. The van der Waals surface area contributed by atoms with Crippen molar-refractivity contribution in [2.24, 2.45) is 5.92 Å². The second-order valence-electron chi connectivity index (χ2n) is 9.01. The third-order valence-corrected chi connectivity index (χ3v) is 7.06. The lowest BCUT2D eigenvalue weighted by molar-refractivity contribution is 0.327. The van der Waals surface area contributed by atoms with Crippen LogP contribution in [0.3, 0.4) is 0 Å². The molecule has 32 heavy (non-hydrogen) atoms. The van der Waals surface area contributed by atoms with E-state index < -0.39 is 5.21 Å². The Kier molecular flexibility index (Phi) is 4.60. The minimum atomic E-state index is -0.867. The van der Waals surface area contributed by atoms with Gasteiger partial charge in [-0.25, -0.2) is 4.98 Å². The first-order valence-electron chi connectivity index (χ1n) is 11.4. The van der Waals surface area contributed by atoms with E-state index in [0.717, 1.165) is 56.8 Å². The molecule has 1 aliphatic carbocycles. The van der Waals surface area contributed by atoms with Gasteiger partial charge in [-0.1, -0.05) is 67.1 Å². The number of nitrogens with zero attached hydrogens (tertiary/aromatic N) is 2. The second-order valence-corrected chi connectivity index (χ2v) is 9.01. The fraction of sp³-hybridized carbons (Fsp3) is 0.259. The van der Waals surface area contributed by atoms with Crippen molar-refractivity contribution in [2.45, 2.75) is 37.3 Å². The number of benzene rings is 2. The maximum atomic E-state index is 6.75. The van der Waals surface area contributed by atoms with Gasteiger partial charge in [-0.05, 0) is 41.6 Å². The molecule has 1 fully saturated rings. The summed E-state index contributed by atoms with van der Waals surface area (Å²) in [5.41, 5.74) is 4.25. The number of pyridine rings is 2. The van der Waals surface area contributed by atoms with Gasteiger partial charge in [0.05, 0.1) is 21.4 Å². The topological polar surface area (TPSA) is 38.9 Å². The van der Waals surface area contributed by atoms with Gasteiger partial charge in [0.15, 0.2) is 0 Å². The van der Waals surface area contributed by atoms with Crippen LogP contribution < -0.4 is 0 Å². The molecule has 6 rings (SSSR count). The average Bonchev–Trinajstić information content (AvgIpc) is 3.24. The largest absolute Gasteiger partial charge is 0.437 e. The molecule has 152 valence electrons. The molecule has 0 spiro atoms. The number of furan rings is 1. The molecule has 0 N–H and O–H groups in total. The third-order valence-electron chi connectivity index (χ3n) is 7.06. The lowest BCUT2D eigenvalue weighted by atomic mass is 9.43. The van der Waals surface area contributed by atoms with Gasteiger partial charge in [-0.3, -0.25) is 4.98 Å². The van der Waals surface area contributed by atoms with Gasteiger partial charge in [-0.15, -0.1) is 0 Å². The highest BCUT2D eigenvalue weighted by molar-refractivity contribution is 6.40. The highest BCUT2D eigenvalue weighted by Gasteiger charge is 2.31. The van der Waals surface area contributed by atoms with Crippen LogP contribution in [0.4, 0.5) is 0 Å². The highest BCUT2D eigenvalue weighted by Crippen LogP contribution is 2.42. The van der Waals surface area contributed by atoms with Crippen molar-refractivity contribution in [3.63, 3.8) is 0 Å². The number of hydrogen-bond donors (Lipinski definition) is 0. The van der Waals surface area contributed by atoms with E-state index in [4.69, 9.17) is 25.1 Å². The van der Waals surface area contributed by atoms with E-state index in [9.17, 15) is 0 Å². The molecule has 0 bridgehead atoms. The molecule has 3 heterocycles. The van der Waals surface area contributed by atoms with Crippen molar-refractivity contribution in [3.8, 4) is 11.3 Å². The monoisotopic (exact) mass is 412 g/mol. The number of hydrogen-bond acceptors (Lipinski definition) is 3. The Bertz CT molecular complexity index is 1450. The summed E-state index contributed by atoms with van der Waals surface area (Å²) in [6, 6.07) is 18.4. The van der Waals surface area contributed by atoms with Crippen molar-refractivity contribution >= 4 is 48.5 Å². The van der Waals surface area contributed by atoms with E-state index in [-0.39, 0.29) is 5.92 Å². The maximum absolute atomic E-state index is 6.75. The minimum absolute atomic E-state index is 0.280. The summed E-state index contributed by atoms with van der Waals surface area (Å²) in [6.07, 6.45) is 9.38. The van der Waals surface area contributed by atoms with E-state index in [2.05, 4.69) is 35.3 Å². The fourth-order valence-electron chi connectivity index (χ4n) is 5.31. The van der Waals surface area contributed by atoms with E-state index in [1.165, 1.54) is 19.3 Å². The lowest BCUT2D eigenvalue weighted by Crippen LogP contribution is -2.37. The van der Waals surface area contributed by atoms with Crippen LogP contribution in [0.1, 0.15) is 37.7 Å². The van der Waals surface area contributed by atoms with E-state index in [0.29, 0.717) is 5.71 Å². The van der Waals surface area contributed by atoms with Crippen LogP contribution >= 0.6 is 0 Å². The molecule has 1 aliphatic rings. The van der Waals surface area contributed by atoms with E-state index in [1.807, 2.05) is 30.5 Å². The normalized spacial score (nSPS) is 15.6. The zero-order chi connectivity index (χ0) is 21.7. The summed E-state index contributed by atoms with van der Waals surface area (Å²) in [4.78, 5) is 9.19. The van der Waals surface area contributed by atoms with Crippen molar-refractivity contribution in [1.82, 2.24) is 9.97 Å². The van der Waals surface area contributed by atoms with E-state index >= 15 is 0 Å². The average molecular weight is 412 g/mol. The first-order chi connectivity index (χ1) is 15.6. The van der Waals surface area contributed by atoms with Crippen LogP contribution in [0, 0.1) is 5.92 Å². The minimum Gasteiger partial charge on any atom is -0.437 e. The summed E-state index contributed by atoms with van der Waals surface area (Å²) < 4.78 is 6.23. The van der Waals surface area contributed by atoms with Gasteiger partial charge in [-0.2, -0.15) is 0 Å². The molecular formula is C27H22B2N2O. The Morgan fingerprint density at radius 2 is 1.66 bits per heavy atom. The van der Waals surface area contributed by atoms with Gasteiger partial charge < -0.3 is 4.42 Å². The second kappa shape index (κ2) is 7.51. The number of fused-ring (bicyclic) bond motifs is 5. The molecule has 0 unspecified atom stereocenters. The van der Waals surface area contributed by atoms with Crippen LogP contribution in [0.25, 0.3) is 44.1 Å². The predicted octanol–water partition coefficient (Wildman–Crippen LogP) is 6.27. The quantitative estimate of drug-likeness (QED) is 0.328. The molecule has 5 aromatic rings. The zero-order valence-corrected chi connectivity index (χ0v) is 17.9. The standard InChI is InChI=1S/C27H22B2N2O/c28-27(29,18-8-2-1-3-9-18)19-12-14-30-23(16-19)22-15-17-7-4-5-10-20(17)25-24(22)21-11-6-13-31-26(21)32-25/h4-7,10-16,18H,1-3,8-9H2. The lowest BCUT2D eigenvalue weighted by Gasteiger charge is -2.38. The molecule has 0 amide bonds. The smallest absolute Gasteiger partial charge is 0.227 e. The summed E-state index contributed by atoms with van der Waals surface area (Å²) in [6.45, 7) is 0. The molecule has 0 saturated heterocycles.